The van der Waals surface area contributed by atoms with Crippen molar-refractivity contribution in [1.29, 1.82) is 0 Å². The summed E-state index contributed by atoms with van der Waals surface area (Å²) >= 11 is 0. The third-order valence-electron chi connectivity index (χ3n) is 3.92. The van der Waals surface area contributed by atoms with E-state index in [1.807, 2.05) is 51.1 Å². The van der Waals surface area contributed by atoms with Crippen LogP contribution in [0.15, 0.2) is 42.5 Å². The van der Waals surface area contributed by atoms with Crippen LogP contribution in [0.5, 0.6) is 11.5 Å². The molecule has 1 amide bonds. The molecule has 2 aromatic carbocycles. The molecule has 0 aliphatic rings. The van der Waals surface area contributed by atoms with E-state index in [2.05, 4.69) is 5.32 Å². The molecule has 0 heterocycles. The van der Waals surface area contributed by atoms with Gasteiger partial charge in [0.05, 0.1) is 7.11 Å². The molecule has 4 nitrogen and oxygen atoms in total. The maximum atomic E-state index is 12.3. The van der Waals surface area contributed by atoms with Crippen LogP contribution in [0.4, 0.5) is 0 Å². The Labute approximate surface area is 143 Å². The van der Waals surface area contributed by atoms with E-state index in [0.717, 1.165) is 23.3 Å². The Balaban J connectivity index is 2.15. The van der Waals surface area contributed by atoms with Crippen LogP contribution in [-0.2, 0) is 6.61 Å². The molecular formula is C20H25NO3. The van der Waals surface area contributed by atoms with Crippen LogP contribution >= 0.6 is 0 Å². The number of carbonyl (C=O) groups excluding carboxylic acids is 1. The molecule has 0 unspecified atom stereocenters. The van der Waals surface area contributed by atoms with Crippen molar-refractivity contribution in [2.24, 2.45) is 0 Å². The Morgan fingerprint density at radius 1 is 1.21 bits per heavy atom. The van der Waals surface area contributed by atoms with E-state index >= 15 is 0 Å². The number of amides is 1. The zero-order chi connectivity index (χ0) is 17.5. The molecule has 0 fully saturated rings. The normalized spacial score (nSPS) is 11.7. The summed E-state index contributed by atoms with van der Waals surface area (Å²) in [6.07, 6.45) is 0.894. The molecule has 128 valence electrons. The van der Waals surface area contributed by atoms with Crippen LogP contribution in [0.2, 0.25) is 0 Å². The Morgan fingerprint density at radius 2 is 2.00 bits per heavy atom. The molecule has 0 aromatic heterocycles. The lowest BCUT2D eigenvalue weighted by atomic mass is 10.1. The summed E-state index contributed by atoms with van der Waals surface area (Å²) in [7, 11) is 1.62. The molecule has 0 aliphatic carbocycles. The largest absolute Gasteiger partial charge is 0.496 e. The van der Waals surface area contributed by atoms with Gasteiger partial charge in [-0.3, -0.25) is 4.79 Å². The highest BCUT2D eigenvalue weighted by Crippen LogP contribution is 2.23. The number of rotatable bonds is 7. The lowest BCUT2D eigenvalue weighted by molar-refractivity contribution is 0.0939. The predicted octanol–water partition coefficient (Wildman–Crippen LogP) is 4.11. The molecule has 0 spiro atoms. The monoisotopic (exact) mass is 327 g/mol. The molecule has 1 atom stereocenters. The van der Waals surface area contributed by atoms with Crippen molar-refractivity contribution < 1.29 is 14.3 Å². The van der Waals surface area contributed by atoms with E-state index in [1.165, 1.54) is 0 Å². The number of aryl methyl sites for hydroxylation is 1. The number of hydrogen-bond donors (Lipinski definition) is 1. The van der Waals surface area contributed by atoms with Gasteiger partial charge in [0.15, 0.2) is 0 Å². The van der Waals surface area contributed by atoms with Crippen molar-refractivity contribution in [3.05, 3.63) is 59.2 Å². The summed E-state index contributed by atoms with van der Waals surface area (Å²) in [5.74, 6) is 1.43. The first-order valence-corrected chi connectivity index (χ1v) is 8.20. The smallest absolute Gasteiger partial charge is 0.251 e. The number of methoxy groups -OCH3 is 1. The van der Waals surface area contributed by atoms with Gasteiger partial charge in [0.25, 0.3) is 5.91 Å². The van der Waals surface area contributed by atoms with Crippen LogP contribution in [0.3, 0.4) is 0 Å². The average Bonchev–Trinajstić information content (AvgIpc) is 2.59. The minimum absolute atomic E-state index is 0.0798. The minimum Gasteiger partial charge on any atom is -0.496 e. The molecule has 2 aromatic rings. The van der Waals surface area contributed by atoms with E-state index in [4.69, 9.17) is 9.47 Å². The Hall–Kier alpha value is -2.49. The van der Waals surface area contributed by atoms with Crippen LogP contribution in [0, 0.1) is 6.92 Å². The SMILES string of the molecule is CC[C@@H](C)NC(=O)c1ccc(OC)c(COc2cccc(C)c2)c1. The van der Waals surface area contributed by atoms with Crippen LogP contribution in [-0.4, -0.2) is 19.1 Å². The minimum atomic E-state index is -0.0798. The summed E-state index contributed by atoms with van der Waals surface area (Å²) in [5.41, 5.74) is 2.59. The van der Waals surface area contributed by atoms with Crippen molar-refractivity contribution in [1.82, 2.24) is 5.32 Å². The number of nitrogens with one attached hydrogen (secondary N) is 1. The second-order valence-electron chi connectivity index (χ2n) is 5.91. The zero-order valence-corrected chi connectivity index (χ0v) is 14.8. The second kappa shape index (κ2) is 8.39. The standard InChI is InChI=1S/C20H25NO3/c1-5-15(3)21-20(22)16-9-10-19(23-4)17(12-16)13-24-18-8-6-7-14(2)11-18/h6-12,15H,5,13H2,1-4H3,(H,21,22)/t15-/m1/s1. The van der Waals surface area contributed by atoms with Crippen LogP contribution in [0.25, 0.3) is 0 Å². The lowest BCUT2D eigenvalue weighted by Crippen LogP contribution is -2.31. The van der Waals surface area contributed by atoms with Gasteiger partial charge in [0.1, 0.15) is 18.1 Å². The van der Waals surface area contributed by atoms with Crippen molar-refractivity contribution in [2.75, 3.05) is 7.11 Å². The third-order valence-corrected chi connectivity index (χ3v) is 3.92. The highest BCUT2D eigenvalue weighted by atomic mass is 16.5. The summed E-state index contributed by atoms with van der Waals surface area (Å²) < 4.78 is 11.2. The molecule has 4 heteroatoms. The van der Waals surface area contributed by atoms with Crippen LogP contribution < -0.4 is 14.8 Å². The van der Waals surface area contributed by atoms with E-state index in [1.54, 1.807) is 19.2 Å². The molecule has 1 N–H and O–H groups in total. The maximum absolute atomic E-state index is 12.3. The fourth-order valence-electron chi connectivity index (χ4n) is 2.31. The van der Waals surface area contributed by atoms with Gasteiger partial charge in [0.2, 0.25) is 0 Å². The Bertz CT molecular complexity index is 697. The maximum Gasteiger partial charge on any atom is 0.251 e. The first-order chi connectivity index (χ1) is 11.5. The molecule has 24 heavy (non-hydrogen) atoms. The summed E-state index contributed by atoms with van der Waals surface area (Å²) in [4.78, 5) is 12.3. The van der Waals surface area contributed by atoms with Gasteiger partial charge in [-0.1, -0.05) is 19.1 Å². The van der Waals surface area contributed by atoms with Gasteiger partial charge in [-0.2, -0.15) is 0 Å². The quantitative estimate of drug-likeness (QED) is 0.832. The number of carbonyl (C=O) groups is 1. The number of ether oxygens (including phenoxy) is 2. The molecular weight excluding hydrogens is 302 g/mol. The van der Waals surface area contributed by atoms with Gasteiger partial charge in [0, 0.05) is 17.2 Å². The Kier molecular flexibility index (Phi) is 6.24. The van der Waals surface area contributed by atoms with E-state index in [0.29, 0.717) is 17.9 Å². The van der Waals surface area contributed by atoms with Crippen molar-refractivity contribution in [3.8, 4) is 11.5 Å². The second-order valence-corrected chi connectivity index (χ2v) is 5.91. The molecule has 0 saturated heterocycles. The van der Waals surface area contributed by atoms with Gasteiger partial charge < -0.3 is 14.8 Å². The molecule has 0 bridgehead atoms. The lowest BCUT2D eigenvalue weighted by Gasteiger charge is -2.14. The molecule has 0 radical (unpaired) electrons. The fraction of sp³-hybridized carbons (Fsp3) is 0.350. The fourth-order valence-corrected chi connectivity index (χ4v) is 2.31. The molecule has 2 rings (SSSR count). The Morgan fingerprint density at radius 3 is 2.67 bits per heavy atom. The summed E-state index contributed by atoms with van der Waals surface area (Å²) in [5, 5.41) is 2.97. The number of benzene rings is 2. The topological polar surface area (TPSA) is 47.6 Å². The van der Waals surface area contributed by atoms with Gasteiger partial charge in [-0.05, 0) is 56.2 Å². The third kappa shape index (κ3) is 4.75. The van der Waals surface area contributed by atoms with Gasteiger partial charge >= 0.3 is 0 Å². The highest BCUT2D eigenvalue weighted by Gasteiger charge is 2.12. The average molecular weight is 327 g/mol. The van der Waals surface area contributed by atoms with Gasteiger partial charge in [-0.25, -0.2) is 0 Å². The van der Waals surface area contributed by atoms with Gasteiger partial charge in [-0.15, -0.1) is 0 Å². The highest BCUT2D eigenvalue weighted by molar-refractivity contribution is 5.94. The van der Waals surface area contributed by atoms with Crippen molar-refractivity contribution in [3.63, 3.8) is 0 Å². The van der Waals surface area contributed by atoms with E-state index < -0.39 is 0 Å². The summed E-state index contributed by atoms with van der Waals surface area (Å²) in [6.45, 7) is 6.40. The zero-order valence-electron chi connectivity index (χ0n) is 14.8. The van der Waals surface area contributed by atoms with E-state index in [-0.39, 0.29) is 11.9 Å². The van der Waals surface area contributed by atoms with Crippen molar-refractivity contribution >= 4 is 5.91 Å². The van der Waals surface area contributed by atoms with Crippen molar-refractivity contribution in [2.45, 2.75) is 39.8 Å². The predicted molar refractivity (Wildman–Crippen MR) is 95.7 cm³/mol. The number of hydrogen-bond acceptors (Lipinski definition) is 3. The first-order valence-electron chi connectivity index (χ1n) is 8.20. The van der Waals surface area contributed by atoms with Crippen LogP contribution in [0.1, 0.15) is 41.8 Å². The van der Waals surface area contributed by atoms with E-state index in [9.17, 15) is 4.79 Å². The molecule has 0 saturated carbocycles. The first kappa shape index (κ1) is 17.9. The molecule has 0 aliphatic heterocycles. The summed E-state index contributed by atoms with van der Waals surface area (Å²) in [6, 6.07) is 13.4.